The van der Waals surface area contributed by atoms with Gasteiger partial charge in [0.05, 0.1) is 10.7 Å². The van der Waals surface area contributed by atoms with Gasteiger partial charge in [-0.1, -0.05) is 41.9 Å². The van der Waals surface area contributed by atoms with Crippen LogP contribution < -0.4 is 10.6 Å². The monoisotopic (exact) mass is 347 g/mol. The summed E-state index contributed by atoms with van der Waals surface area (Å²) in [5.74, 6) is -0.537. The van der Waals surface area contributed by atoms with Crippen LogP contribution in [-0.4, -0.2) is 11.0 Å². The van der Waals surface area contributed by atoms with Gasteiger partial charge in [-0.2, -0.15) is 0 Å². The zero-order valence-electron chi connectivity index (χ0n) is 11.7. The van der Waals surface area contributed by atoms with Crippen LogP contribution in [0.3, 0.4) is 0 Å². The number of urea groups is 1. The van der Waals surface area contributed by atoms with Crippen molar-refractivity contribution < 1.29 is 9.18 Å². The van der Waals surface area contributed by atoms with Crippen molar-refractivity contribution in [1.82, 2.24) is 4.98 Å². The predicted molar refractivity (Wildman–Crippen MR) is 91.6 cm³/mol. The van der Waals surface area contributed by atoms with Crippen LogP contribution in [0.15, 0.2) is 53.9 Å². The van der Waals surface area contributed by atoms with Crippen LogP contribution in [0.5, 0.6) is 0 Å². The molecule has 1 aromatic heterocycles. The van der Waals surface area contributed by atoms with Gasteiger partial charge >= 0.3 is 6.03 Å². The number of benzene rings is 2. The van der Waals surface area contributed by atoms with E-state index in [0.717, 1.165) is 11.3 Å². The molecule has 0 bridgehead atoms. The number of nitrogens with one attached hydrogen (secondary N) is 2. The van der Waals surface area contributed by atoms with Crippen molar-refractivity contribution in [3.63, 3.8) is 0 Å². The fourth-order valence-electron chi connectivity index (χ4n) is 1.91. The van der Waals surface area contributed by atoms with Crippen LogP contribution in [0, 0.1) is 5.82 Å². The Hall–Kier alpha value is -2.44. The fraction of sp³-hybridized carbons (Fsp3) is 0. The number of anilines is 2. The quantitative estimate of drug-likeness (QED) is 0.680. The Balaban J connectivity index is 1.66. The highest BCUT2D eigenvalue weighted by Gasteiger charge is 2.09. The molecule has 0 atom stereocenters. The zero-order chi connectivity index (χ0) is 16.2. The Bertz CT molecular complexity index is 838. The van der Waals surface area contributed by atoms with Gasteiger partial charge < -0.3 is 5.32 Å². The maximum absolute atomic E-state index is 13.1. The summed E-state index contributed by atoms with van der Waals surface area (Å²) in [5, 5.41) is 7.48. The highest BCUT2D eigenvalue weighted by atomic mass is 35.5. The smallest absolute Gasteiger partial charge is 0.308 e. The van der Waals surface area contributed by atoms with Crippen molar-refractivity contribution in [3.05, 3.63) is 64.8 Å². The molecule has 2 amide bonds. The molecule has 0 aliphatic rings. The average Bonchev–Trinajstić information content (AvgIpc) is 3.00. The van der Waals surface area contributed by atoms with Crippen LogP contribution in [0.2, 0.25) is 5.02 Å². The lowest BCUT2D eigenvalue weighted by molar-refractivity contribution is 0.262. The van der Waals surface area contributed by atoms with Crippen LogP contribution in [0.1, 0.15) is 0 Å². The van der Waals surface area contributed by atoms with Crippen molar-refractivity contribution in [2.45, 2.75) is 0 Å². The van der Waals surface area contributed by atoms with Gasteiger partial charge in [0.15, 0.2) is 5.13 Å². The van der Waals surface area contributed by atoms with E-state index >= 15 is 0 Å². The van der Waals surface area contributed by atoms with Gasteiger partial charge in [0.1, 0.15) is 5.82 Å². The first-order valence-electron chi connectivity index (χ1n) is 6.66. The van der Waals surface area contributed by atoms with Gasteiger partial charge in [-0.15, -0.1) is 11.3 Å². The Labute approximate surface area is 141 Å². The molecule has 0 aliphatic heterocycles. The number of aromatic nitrogens is 1. The number of nitrogens with zero attached hydrogens (tertiary/aromatic N) is 1. The maximum atomic E-state index is 13.1. The molecule has 0 saturated heterocycles. The van der Waals surface area contributed by atoms with E-state index in [1.807, 2.05) is 35.7 Å². The first-order chi connectivity index (χ1) is 11.1. The lowest BCUT2D eigenvalue weighted by Gasteiger charge is -2.06. The second-order valence-electron chi connectivity index (χ2n) is 4.61. The van der Waals surface area contributed by atoms with Gasteiger partial charge in [0.2, 0.25) is 0 Å². The van der Waals surface area contributed by atoms with E-state index in [9.17, 15) is 9.18 Å². The molecular formula is C16H11ClFN3OS. The van der Waals surface area contributed by atoms with Crippen LogP contribution in [-0.2, 0) is 0 Å². The number of hydrogen-bond donors (Lipinski definition) is 2. The first-order valence-corrected chi connectivity index (χ1v) is 7.91. The third kappa shape index (κ3) is 3.85. The highest BCUT2D eigenvalue weighted by molar-refractivity contribution is 7.14. The van der Waals surface area contributed by atoms with E-state index in [4.69, 9.17) is 11.6 Å². The largest absolute Gasteiger partial charge is 0.325 e. The highest BCUT2D eigenvalue weighted by Crippen LogP contribution is 2.25. The Kier molecular flexibility index (Phi) is 4.55. The summed E-state index contributed by atoms with van der Waals surface area (Å²) in [6.07, 6.45) is 0. The van der Waals surface area contributed by atoms with Crippen LogP contribution in [0.4, 0.5) is 20.0 Å². The standard InChI is InChI=1S/C16H11ClFN3OS/c17-12-8-11(6-7-13(12)18)19-15(22)21-16-20-14(9-23-16)10-4-2-1-3-5-10/h1-9H,(H2,19,20,21,22). The number of carbonyl (C=O) groups is 1. The van der Waals surface area contributed by atoms with Crippen molar-refractivity contribution in [3.8, 4) is 11.3 Å². The Morgan fingerprint density at radius 3 is 2.65 bits per heavy atom. The second-order valence-corrected chi connectivity index (χ2v) is 5.88. The molecule has 3 aromatic rings. The van der Waals surface area contributed by atoms with Crippen molar-refractivity contribution in [2.75, 3.05) is 10.6 Å². The lowest BCUT2D eigenvalue weighted by atomic mass is 10.2. The van der Waals surface area contributed by atoms with E-state index in [1.165, 1.54) is 29.5 Å². The molecule has 0 radical (unpaired) electrons. The Morgan fingerprint density at radius 2 is 1.91 bits per heavy atom. The SMILES string of the molecule is O=C(Nc1ccc(F)c(Cl)c1)Nc1nc(-c2ccccc2)cs1. The molecule has 116 valence electrons. The Morgan fingerprint density at radius 1 is 1.13 bits per heavy atom. The molecule has 4 nitrogen and oxygen atoms in total. The summed E-state index contributed by atoms with van der Waals surface area (Å²) >= 11 is 6.99. The van der Waals surface area contributed by atoms with Gasteiger partial charge in [-0.05, 0) is 18.2 Å². The summed E-state index contributed by atoms with van der Waals surface area (Å²) in [6.45, 7) is 0. The summed E-state index contributed by atoms with van der Waals surface area (Å²) in [5.41, 5.74) is 2.16. The topological polar surface area (TPSA) is 54.0 Å². The van der Waals surface area contributed by atoms with E-state index in [0.29, 0.717) is 10.8 Å². The number of halogens is 2. The van der Waals surface area contributed by atoms with Gasteiger partial charge in [0.25, 0.3) is 0 Å². The van der Waals surface area contributed by atoms with Gasteiger partial charge in [-0.25, -0.2) is 14.2 Å². The molecule has 0 aliphatic carbocycles. The molecule has 2 N–H and O–H groups in total. The van der Waals surface area contributed by atoms with E-state index in [2.05, 4.69) is 15.6 Å². The van der Waals surface area contributed by atoms with E-state index < -0.39 is 11.8 Å². The summed E-state index contributed by atoms with van der Waals surface area (Å²) in [6, 6.07) is 13.1. The van der Waals surface area contributed by atoms with E-state index in [1.54, 1.807) is 0 Å². The summed E-state index contributed by atoms with van der Waals surface area (Å²) < 4.78 is 13.1. The van der Waals surface area contributed by atoms with Crippen LogP contribution in [0.25, 0.3) is 11.3 Å². The predicted octanol–water partition coefficient (Wildman–Crippen LogP) is 5.25. The minimum atomic E-state index is -0.537. The molecule has 0 fully saturated rings. The number of thiazole rings is 1. The molecule has 3 rings (SSSR count). The maximum Gasteiger partial charge on any atom is 0.325 e. The molecule has 2 aromatic carbocycles. The lowest BCUT2D eigenvalue weighted by Crippen LogP contribution is -2.19. The molecular weight excluding hydrogens is 337 g/mol. The number of carbonyl (C=O) groups excluding carboxylic acids is 1. The fourth-order valence-corrected chi connectivity index (χ4v) is 2.80. The number of hydrogen-bond acceptors (Lipinski definition) is 3. The van der Waals surface area contributed by atoms with Gasteiger partial charge in [0, 0.05) is 16.6 Å². The molecule has 0 unspecified atom stereocenters. The summed E-state index contributed by atoms with van der Waals surface area (Å²) in [7, 11) is 0. The van der Waals surface area contributed by atoms with E-state index in [-0.39, 0.29) is 5.02 Å². The molecule has 0 saturated carbocycles. The molecule has 0 spiro atoms. The van der Waals surface area contributed by atoms with Crippen molar-refractivity contribution >= 4 is 39.8 Å². The molecule has 7 heteroatoms. The molecule has 1 heterocycles. The zero-order valence-corrected chi connectivity index (χ0v) is 13.3. The summed E-state index contributed by atoms with van der Waals surface area (Å²) in [4.78, 5) is 16.3. The number of amides is 2. The normalized spacial score (nSPS) is 10.3. The third-order valence-electron chi connectivity index (χ3n) is 2.97. The average molecular weight is 348 g/mol. The van der Waals surface area contributed by atoms with Crippen LogP contribution >= 0.6 is 22.9 Å². The van der Waals surface area contributed by atoms with Crippen molar-refractivity contribution in [2.24, 2.45) is 0 Å². The molecule has 23 heavy (non-hydrogen) atoms. The second kappa shape index (κ2) is 6.76. The third-order valence-corrected chi connectivity index (χ3v) is 4.02. The minimum Gasteiger partial charge on any atom is -0.308 e. The van der Waals surface area contributed by atoms with Crippen molar-refractivity contribution in [1.29, 1.82) is 0 Å². The number of rotatable bonds is 3. The first kappa shape index (κ1) is 15.5. The minimum absolute atomic E-state index is 0.0524. The van der Waals surface area contributed by atoms with Gasteiger partial charge in [-0.3, -0.25) is 5.32 Å².